The molecule has 3 unspecified atom stereocenters. The van der Waals surface area contributed by atoms with Crippen LogP contribution in [0, 0.1) is 29.6 Å². The highest BCUT2D eigenvalue weighted by atomic mass is 15.1. The third kappa shape index (κ3) is 1.50. The van der Waals surface area contributed by atoms with Crippen LogP contribution < -0.4 is 0 Å². The van der Waals surface area contributed by atoms with Gasteiger partial charge in [-0.3, -0.25) is 0 Å². The zero-order valence-corrected chi connectivity index (χ0v) is 9.58. The molecule has 0 bridgehead atoms. The average molecular weight is 193 g/mol. The van der Waals surface area contributed by atoms with Gasteiger partial charge in [-0.15, -0.1) is 0 Å². The molecule has 2 saturated carbocycles. The molecule has 3 rings (SSSR count). The smallest absolute Gasteiger partial charge is 0.000996 e. The predicted octanol–water partition coefficient (Wildman–Crippen LogP) is 2.62. The van der Waals surface area contributed by atoms with Gasteiger partial charge in [-0.25, -0.2) is 0 Å². The second kappa shape index (κ2) is 3.23. The van der Waals surface area contributed by atoms with Crippen LogP contribution in [0.3, 0.4) is 0 Å². The van der Waals surface area contributed by atoms with E-state index in [0.717, 1.165) is 29.6 Å². The van der Waals surface area contributed by atoms with Gasteiger partial charge in [-0.05, 0) is 62.3 Å². The van der Waals surface area contributed by atoms with Crippen LogP contribution in [0.25, 0.3) is 0 Å². The van der Waals surface area contributed by atoms with Gasteiger partial charge in [0.1, 0.15) is 0 Å². The highest BCUT2D eigenvalue weighted by Crippen LogP contribution is 2.51. The van der Waals surface area contributed by atoms with Crippen LogP contribution in [0.5, 0.6) is 0 Å². The van der Waals surface area contributed by atoms with Crippen molar-refractivity contribution in [3.8, 4) is 0 Å². The summed E-state index contributed by atoms with van der Waals surface area (Å²) in [5.74, 6) is 5.42. The van der Waals surface area contributed by atoms with Crippen molar-refractivity contribution in [2.45, 2.75) is 32.6 Å². The molecule has 1 heterocycles. The molecule has 0 radical (unpaired) electrons. The van der Waals surface area contributed by atoms with Gasteiger partial charge in [0, 0.05) is 13.1 Å². The Morgan fingerprint density at radius 1 is 0.929 bits per heavy atom. The Balaban J connectivity index is 1.61. The number of hydrogen-bond acceptors (Lipinski definition) is 1. The van der Waals surface area contributed by atoms with Gasteiger partial charge in [0.25, 0.3) is 0 Å². The largest absolute Gasteiger partial charge is 0.306 e. The predicted molar refractivity (Wildman–Crippen MR) is 59.1 cm³/mol. The number of likely N-dealkylation sites (tertiary alicyclic amines) is 1. The monoisotopic (exact) mass is 193 g/mol. The quantitative estimate of drug-likeness (QED) is 0.619. The Bertz CT molecular complexity index is 225. The van der Waals surface area contributed by atoms with E-state index in [0.29, 0.717) is 0 Å². The van der Waals surface area contributed by atoms with Crippen LogP contribution >= 0.6 is 0 Å². The first-order valence-corrected chi connectivity index (χ1v) is 6.42. The number of nitrogens with zero attached hydrogens (tertiary/aromatic N) is 1. The lowest BCUT2D eigenvalue weighted by Gasteiger charge is -2.31. The summed E-state index contributed by atoms with van der Waals surface area (Å²) in [5.41, 5.74) is 0. The molecule has 0 amide bonds. The summed E-state index contributed by atoms with van der Waals surface area (Å²) in [5, 5.41) is 0. The summed E-state index contributed by atoms with van der Waals surface area (Å²) >= 11 is 0. The minimum Gasteiger partial charge on any atom is -0.306 e. The van der Waals surface area contributed by atoms with Crippen molar-refractivity contribution in [3.05, 3.63) is 0 Å². The number of fused-ring (bicyclic) bond motifs is 1. The molecule has 0 spiro atoms. The summed E-state index contributed by atoms with van der Waals surface area (Å²) < 4.78 is 0. The summed E-state index contributed by atoms with van der Waals surface area (Å²) in [7, 11) is 2.30. The SMILES string of the molecule is CC1CC1C1CC[C@@H]2CN(C)C[C@@H]2C1. The molecule has 1 aliphatic heterocycles. The molecule has 14 heavy (non-hydrogen) atoms. The van der Waals surface area contributed by atoms with Gasteiger partial charge in [-0.2, -0.15) is 0 Å². The fourth-order valence-corrected chi connectivity index (χ4v) is 4.10. The summed E-state index contributed by atoms with van der Waals surface area (Å²) in [6.07, 6.45) is 6.18. The molecule has 0 aromatic rings. The first-order valence-electron chi connectivity index (χ1n) is 6.42. The summed E-state index contributed by atoms with van der Waals surface area (Å²) in [6.45, 7) is 5.22. The first-order chi connectivity index (χ1) is 6.74. The van der Waals surface area contributed by atoms with Crippen molar-refractivity contribution in [2.24, 2.45) is 29.6 Å². The van der Waals surface area contributed by atoms with Crippen molar-refractivity contribution in [3.63, 3.8) is 0 Å². The normalized spacial score (nSPS) is 53.1. The van der Waals surface area contributed by atoms with Crippen LogP contribution in [-0.4, -0.2) is 25.0 Å². The molecule has 3 aliphatic rings. The maximum atomic E-state index is 2.55. The molecule has 3 fully saturated rings. The van der Waals surface area contributed by atoms with Crippen LogP contribution in [0.1, 0.15) is 32.6 Å². The number of hydrogen-bond donors (Lipinski definition) is 0. The summed E-state index contributed by atoms with van der Waals surface area (Å²) in [6, 6.07) is 0. The van der Waals surface area contributed by atoms with E-state index in [4.69, 9.17) is 0 Å². The van der Waals surface area contributed by atoms with Gasteiger partial charge in [0.05, 0.1) is 0 Å². The molecule has 1 saturated heterocycles. The van der Waals surface area contributed by atoms with Crippen molar-refractivity contribution in [1.82, 2.24) is 4.90 Å². The molecule has 5 atom stereocenters. The lowest BCUT2D eigenvalue weighted by Crippen LogP contribution is -2.24. The van der Waals surface area contributed by atoms with Crippen LogP contribution in [0.15, 0.2) is 0 Å². The zero-order chi connectivity index (χ0) is 9.71. The van der Waals surface area contributed by atoms with Gasteiger partial charge >= 0.3 is 0 Å². The number of rotatable bonds is 1. The van der Waals surface area contributed by atoms with E-state index in [-0.39, 0.29) is 0 Å². The zero-order valence-electron chi connectivity index (χ0n) is 9.58. The average Bonchev–Trinajstić information content (AvgIpc) is 2.76. The van der Waals surface area contributed by atoms with E-state index in [9.17, 15) is 0 Å². The van der Waals surface area contributed by atoms with Gasteiger partial charge in [0.15, 0.2) is 0 Å². The van der Waals surface area contributed by atoms with Crippen molar-refractivity contribution in [2.75, 3.05) is 20.1 Å². The Labute approximate surface area is 87.9 Å². The van der Waals surface area contributed by atoms with Crippen molar-refractivity contribution >= 4 is 0 Å². The molecular weight excluding hydrogens is 170 g/mol. The van der Waals surface area contributed by atoms with E-state index < -0.39 is 0 Å². The molecule has 0 aromatic heterocycles. The van der Waals surface area contributed by atoms with Crippen LogP contribution in [-0.2, 0) is 0 Å². The highest BCUT2D eigenvalue weighted by molar-refractivity contribution is 4.95. The Morgan fingerprint density at radius 3 is 2.29 bits per heavy atom. The Hall–Kier alpha value is -0.0400. The lowest BCUT2D eigenvalue weighted by atomic mass is 9.74. The fraction of sp³-hybridized carbons (Fsp3) is 1.00. The molecule has 2 aliphatic carbocycles. The Morgan fingerprint density at radius 2 is 1.57 bits per heavy atom. The van der Waals surface area contributed by atoms with E-state index >= 15 is 0 Å². The minimum absolute atomic E-state index is 1.06. The topological polar surface area (TPSA) is 3.24 Å². The van der Waals surface area contributed by atoms with E-state index in [1.807, 2.05) is 0 Å². The standard InChI is InChI=1S/C13H23N/c1-9-5-13(9)10-3-4-11-7-14(2)8-12(11)6-10/h9-13H,3-8H2,1-2H3/t9?,10?,11-,12+,13?/m1/s1. The van der Waals surface area contributed by atoms with E-state index in [2.05, 4.69) is 18.9 Å². The molecule has 1 heteroatoms. The highest BCUT2D eigenvalue weighted by Gasteiger charge is 2.44. The van der Waals surface area contributed by atoms with Gasteiger partial charge in [-0.1, -0.05) is 6.92 Å². The third-order valence-corrected chi connectivity index (χ3v) is 5.05. The van der Waals surface area contributed by atoms with Gasteiger partial charge in [0.2, 0.25) is 0 Å². The maximum Gasteiger partial charge on any atom is 0.000996 e. The first kappa shape index (κ1) is 9.21. The fourth-order valence-electron chi connectivity index (χ4n) is 4.10. The van der Waals surface area contributed by atoms with E-state index in [1.165, 1.54) is 25.9 Å². The lowest BCUT2D eigenvalue weighted by molar-refractivity contribution is 0.201. The molecule has 0 N–H and O–H groups in total. The summed E-state index contributed by atoms with van der Waals surface area (Å²) in [4.78, 5) is 2.55. The molecule has 1 nitrogen and oxygen atoms in total. The molecular formula is C13H23N. The molecule has 0 aromatic carbocycles. The van der Waals surface area contributed by atoms with E-state index in [1.54, 1.807) is 12.8 Å². The van der Waals surface area contributed by atoms with Crippen LogP contribution in [0.4, 0.5) is 0 Å². The van der Waals surface area contributed by atoms with Crippen molar-refractivity contribution in [1.29, 1.82) is 0 Å². The Kier molecular flexibility index (Phi) is 2.12. The third-order valence-electron chi connectivity index (χ3n) is 5.05. The van der Waals surface area contributed by atoms with Crippen LogP contribution in [0.2, 0.25) is 0 Å². The van der Waals surface area contributed by atoms with Crippen molar-refractivity contribution < 1.29 is 0 Å². The minimum atomic E-state index is 1.06. The molecule has 80 valence electrons. The second-order valence-corrected chi connectivity index (χ2v) is 6.19. The van der Waals surface area contributed by atoms with Gasteiger partial charge < -0.3 is 4.90 Å². The second-order valence-electron chi connectivity index (χ2n) is 6.19. The maximum absolute atomic E-state index is 2.55.